The molecule has 0 aliphatic carbocycles. The van der Waals surface area contributed by atoms with Gasteiger partial charge in [0.1, 0.15) is 5.75 Å². The number of ether oxygens (including phenoxy) is 2. The molecule has 110 valence electrons. The lowest BCUT2D eigenvalue weighted by Crippen LogP contribution is -2.16. The van der Waals surface area contributed by atoms with Crippen LogP contribution in [0, 0.1) is 0 Å². The highest BCUT2D eigenvalue weighted by Crippen LogP contribution is 2.18. The molecule has 7 heteroatoms. The fourth-order valence-electron chi connectivity index (χ4n) is 1.37. The fraction of sp³-hybridized carbons (Fsp3) is 0.308. The van der Waals surface area contributed by atoms with Gasteiger partial charge in [-0.25, -0.2) is 13.2 Å². The van der Waals surface area contributed by atoms with Crippen molar-refractivity contribution in [1.29, 1.82) is 0 Å². The van der Waals surface area contributed by atoms with Gasteiger partial charge in [-0.05, 0) is 19.1 Å². The zero-order valence-electron chi connectivity index (χ0n) is 11.2. The number of carbonyl (C=O) groups is 1. The summed E-state index contributed by atoms with van der Waals surface area (Å²) in [7, 11) is -3.46. The van der Waals surface area contributed by atoms with Gasteiger partial charge in [0, 0.05) is 6.07 Å². The number of benzene rings is 1. The van der Waals surface area contributed by atoms with Crippen LogP contribution in [0.5, 0.6) is 5.75 Å². The van der Waals surface area contributed by atoms with Crippen molar-refractivity contribution >= 4 is 21.7 Å². The number of hydrogen-bond donors (Lipinski definition) is 1. The minimum absolute atomic E-state index is 0.180. The smallest absolute Gasteiger partial charge is 0.344 e. The van der Waals surface area contributed by atoms with E-state index in [-0.39, 0.29) is 19.0 Å². The molecule has 0 aromatic heterocycles. The molecule has 0 spiro atoms. The largest absolute Gasteiger partial charge is 0.482 e. The zero-order chi connectivity index (χ0) is 15.0. The third-order valence-electron chi connectivity index (χ3n) is 2.11. The van der Waals surface area contributed by atoms with Gasteiger partial charge in [0.05, 0.1) is 18.0 Å². The third-order valence-corrected chi connectivity index (χ3v) is 3.33. The Morgan fingerprint density at radius 1 is 1.45 bits per heavy atom. The molecule has 0 saturated heterocycles. The van der Waals surface area contributed by atoms with Gasteiger partial charge in [0.25, 0.3) is 0 Å². The first-order valence-corrected chi connectivity index (χ1v) is 7.62. The maximum atomic E-state index is 11.6. The monoisotopic (exact) mass is 299 g/mol. The number of hydrogen-bond acceptors (Lipinski definition) is 5. The second-order valence-electron chi connectivity index (χ2n) is 3.79. The van der Waals surface area contributed by atoms with Crippen molar-refractivity contribution in [3.8, 4) is 5.75 Å². The summed E-state index contributed by atoms with van der Waals surface area (Å²) in [5.41, 5.74) is 0.355. The van der Waals surface area contributed by atoms with E-state index < -0.39 is 16.0 Å². The first-order valence-electron chi connectivity index (χ1n) is 5.96. The van der Waals surface area contributed by atoms with Gasteiger partial charge in [0.2, 0.25) is 10.0 Å². The minimum atomic E-state index is -3.46. The van der Waals surface area contributed by atoms with Crippen molar-refractivity contribution in [1.82, 2.24) is 0 Å². The molecule has 0 aliphatic heterocycles. The predicted octanol–water partition coefficient (Wildman–Crippen LogP) is 1.56. The van der Waals surface area contributed by atoms with E-state index in [1.165, 1.54) is 12.1 Å². The molecule has 6 nitrogen and oxygen atoms in total. The number of carbonyl (C=O) groups excluding carboxylic acids is 1. The number of nitrogens with one attached hydrogen (secondary N) is 1. The molecule has 0 radical (unpaired) electrons. The van der Waals surface area contributed by atoms with Crippen LogP contribution in [-0.4, -0.2) is 33.4 Å². The van der Waals surface area contributed by atoms with Crippen LogP contribution in [0.4, 0.5) is 5.69 Å². The molecule has 0 saturated carbocycles. The predicted molar refractivity (Wildman–Crippen MR) is 76.2 cm³/mol. The lowest BCUT2D eigenvalue weighted by atomic mass is 10.3. The van der Waals surface area contributed by atoms with E-state index in [1.807, 2.05) is 0 Å². The number of anilines is 1. The lowest BCUT2D eigenvalue weighted by molar-refractivity contribution is -0.145. The molecule has 0 heterocycles. The molecule has 0 aliphatic rings. The molecule has 0 unspecified atom stereocenters. The molecular formula is C13H17NO5S. The van der Waals surface area contributed by atoms with Gasteiger partial charge in [-0.3, -0.25) is 4.72 Å². The van der Waals surface area contributed by atoms with Gasteiger partial charge in [-0.2, -0.15) is 0 Å². The average Bonchev–Trinajstić information content (AvgIpc) is 2.36. The maximum Gasteiger partial charge on any atom is 0.344 e. The Morgan fingerprint density at radius 2 is 2.20 bits per heavy atom. The Labute approximate surface area is 118 Å². The van der Waals surface area contributed by atoms with E-state index in [4.69, 9.17) is 9.47 Å². The van der Waals surface area contributed by atoms with Crippen LogP contribution in [0.15, 0.2) is 36.9 Å². The molecule has 0 bridgehead atoms. The number of sulfonamides is 1. The Morgan fingerprint density at radius 3 is 2.85 bits per heavy atom. The summed E-state index contributed by atoms with van der Waals surface area (Å²) in [6, 6.07) is 6.30. The van der Waals surface area contributed by atoms with Crippen molar-refractivity contribution < 1.29 is 22.7 Å². The van der Waals surface area contributed by atoms with E-state index in [0.29, 0.717) is 11.4 Å². The van der Waals surface area contributed by atoms with Gasteiger partial charge in [0.15, 0.2) is 6.61 Å². The second-order valence-corrected chi connectivity index (χ2v) is 5.56. The summed E-state index contributed by atoms with van der Waals surface area (Å²) in [6.45, 7) is 5.13. The highest BCUT2D eigenvalue weighted by molar-refractivity contribution is 7.92. The quantitative estimate of drug-likeness (QED) is 0.582. The lowest BCUT2D eigenvalue weighted by Gasteiger charge is -2.09. The molecule has 1 rings (SSSR count). The summed E-state index contributed by atoms with van der Waals surface area (Å²) < 4.78 is 35.4. The molecule has 20 heavy (non-hydrogen) atoms. The first kappa shape index (κ1) is 16.0. The summed E-state index contributed by atoms with van der Waals surface area (Å²) in [5.74, 6) is -0.289. The summed E-state index contributed by atoms with van der Waals surface area (Å²) in [4.78, 5) is 11.1. The average molecular weight is 299 g/mol. The van der Waals surface area contributed by atoms with Crippen molar-refractivity contribution in [2.24, 2.45) is 0 Å². The first-order chi connectivity index (χ1) is 9.46. The number of rotatable bonds is 8. The highest BCUT2D eigenvalue weighted by Gasteiger charge is 2.09. The van der Waals surface area contributed by atoms with E-state index in [0.717, 1.165) is 0 Å². The summed E-state index contributed by atoms with van der Waals surface area (Å²) >= 11 is 0. The molecular weight excluding hydrogens is 282 g/mol. The molecule has 0 amide bonds. The van der Waals surface area contributed by atoms with Crippen molar-refractivity contribution in [2.75, 3.05) is 23.7 Å². The van der Waals surface area contributed by atoms with Crippen LogP contribution >= 0.6 is 0 Å². The normalized spacial score (nSPS) is 10.7. The van der Waals surface area contributed by atoms with Crippen LogP contribution in [0.3, 0.4) is 0 Å². The van der Waals surface area contributed by atoms with Crippen molar-refractivity contribution in [3.05, 3.63) is 36.9 Å². The van der Waals surface area contributed by atoms with Crippen LogP contribution in [-0.2, 0) is 19.6 Å². The molecule has 1 aromatic carbocycles. The Kier molecular flexibility index (Phi) is 6.05. The number of esters is 1. The minimum Gasteiger partial charge on any atom is -0.482 e. The molecule has 1 N–H and O–H groups in total. The molecule has 1 aromatic rings. The topological polar surface area (TPSA) is 81.7 Å². The van der Waals surface area contributed by atoms with Gasteiger partial charge in [-0.1, -0.05) is 12.1 Å². The Bertz CT molecular complexity index is 568. The fourth-order valence-corrected chi connectivity index (χ4v) is 2.25. The van der Waals surface area contributed by atoms with Crippen LogP contribution in [0.25, 0.3) is 0 Å². The van der Waals surface area contributed by atoms with E-state index in [1.54, 1.807) is 25.1 Å². The van der Waals surface area contributed by atoms with Gasteiger partial charge >= 0.3 is 5.97 Å². The SMILES string of the molecule is C=CCS(=O)(=O)Nc1cccc(OCC(=O)OCC)c1. The summed E-state index contributed by atoms with van der Waals surface area (Å²) in [5, 5.41) is 0. The molecule has 0 atom stereocenters. The highest BCUT2D eigenvalue weighted by atomic mass is 32.2. The van der Waals surface area contributed by atoms with E-state index in [9.17, 15) is 13.2 Å². The van der Waals surface area contributed by atoms with E-state index in [2.05, 4.69) is 11.3 Å². The van der Waals surface area contributed by atoms with Crippen LogP contribution in [0.1, 0.15) is 6.92 Å². The maximum absolute atomic E-state index is 11.6. The zero-order valence-corrected chi connectivity index (χ0v) is 12.0. The van der Waals surface area contributed by atoms with Gasteiger partial charge in [-0.15, -0.1) is 6.58 Å². The van der Waals surface area contributed by atoms with Gasteiger partial charge < -0.3 is 9.47 Å². The Hall–Kier alpha value is -2.02. The standard InChI is InChI=1S/C13H17NO5S/c1-3-8-20(16,17)14-11-6-5-7-12(9-11)19-10-13(15)18-4-2/h3,5-7,9,14H,1,4,8,10H2,2H3. The van der Waals surface area contributed by atoms with Crippen LogP contribution in [0.2, 0.25) is 0 Å². The molecule has 0 fully saturated rings. The van der Waals surface area contributed by atoms with Crippen molar-refractivity contribution in [2.45, 2.75) is 6.92 Å². The summed E-state index contributed by atoms with van der Waals surface area (Å²) in [6.07, 6.45) is 1.30. The van der Waals surface area contributed by atoms with Crippen molar-refractivity contribution in [3.63, 3.8) is 0 Å². The second kappa shape index (κ2) is 7.54. The Balaban J connectivity index is 2.66. The van der Waals surface area contributed by atoms with Crippen LogP contribution < -0.4 is 9.46 Å². The third kappa shape index (κ3) is 5.75. The van der Waals surface area contributed by atoms with E-state index >= 15 is 0 Å².